The Balaban J connectivity index is 2.02. The Morgan fingerprint density at radius 1 is 1.30 bits per heavy atom. The van der Waals surface area contributed by atoms with Gasteiger partial charge in [0.1, 0.15) is 30.2 Å². The molecule has 0 amide bonds. The van der Waals surface area contributed by atoms with Crippen molar-refractivity contribution in [1.82, 2.24) is 19.5 Å². The highest BCUT2D eigenvalue weighted by Crippen LogP contribution is 2.32. The van der Waals surface area contributed by atoms with Crippen LogP contribution in [0, 0.1) is 0 Å². The molecule has 4 unspecified atom stereocenters. The van der Waals surface area contributed by atoms with Crippen molar-refractivity contribution in [3.8, 4) is 0 Å². The zero-order chi connectivity index (χ0) is 14.3. The molecule has 4 N–H and O–H groups in total. The predicted molar refractivity (Wildman–Crippen MR) is 73.7 cm³/mol. The molecular weight excluding hydrogens is 330 g/mol. The van der Waals surface area contributed by atoms with Crippen LogP contribution in [0.2, 0.25) is 0 Å². The number of anilines is 1. The maximum atomic E-state index is 10.1. The number of aromatic nitrogens is 4. The van der Waals surface area contributed by atoms with E-state index in [1.54, 1.807) is 11.1 Å². The first kappa shape index (κ1) is 13.4. The highest BCUT2D eigenvalue weighted by molar-refractivity contribution is 9.11. The number of ether oxygens (including phenoxy) is 1. The van der Waals surface area contributed by atoms with Crippen LogP contribution in [-0.2, 0) is 4.74 Å². The lowest BCUT2D eigenvalue weighted by molar-refractivity contribution is -0.0244. The second-order valence-electron chi connectivity index (χ2n) is 4.37. The van der Waals surface area contributed by atoms with Crippen molar-refractivity contribution in [2.75, 3.05) is 5.73 Å². The molecule has 0 aliphatic carbocycles. The van der Waals surface area contributed by atoms with E-state index in [0.29, 0.717) is 11.2 Å². The number of aliphatic hydroxyl groups excluding tert-OH is 2. The Hall–Kier alpha value is -1.55. The second-order valence-corrected chi connectivity index (χ2v) is 4.90. The molecule has 1 aliphatic rings. The summed E-state index contributed by atoms with van der Waals surface area (Å²) in [6, 6.07) is 0. The fourth-order valence-electron chi connectivity index (χ4n) is 2.20. The van der Waals surface area contributed by atoms with Gasteiger partial charge in [-0.2, -0.15) is 0 Å². The molecule has 4 atom stereocenters. The first-order valence-corrected chi connectivity index (χ1v) is 6.76. The van der Waals surface area contributed by atoms with E-state index < -0.39 is 24.5 Å². The van der Waals surface area contributed by atoms with E-state index in [9.17, 15) is 10.2 Å². The summed E-state index contributed by atoms with van der Waals surface area (Å²) in [6.07, 6.45) is 0.822. The minimum Gasteiger partial charge on any atom is -0.387 e. The monoisotopic (exact) mass is 341 g/mol. The van der Waals surface area contributed by atoms with Crippen LogP contribution >= 0.6 is 15.9 Å². The number of rotatable bonds is 2. The first-order chi connectivity index (χ1) is 9.63. The summed E-state index contributed by atoms with van der Waals surface area (Å²) >= 11 is 3.12. The van der Waals surface area contributed by atoms with Gasteiger partial charge in [0.05, 0.1) is 6.33 Å². The Labute approximate surface area is 122 Å². The summed E-state index contributed by atoms with van der Waals surface area (Å²) in [4.78, 5) is 13.6. The molecular formula is C11H12BrN5O3. The lowest BCUT2D eigenvalue weighted by Crippen LogP contribution is -2.30. The smallest absolute Gasteiger partial charge is 0.167 e. The zero-order valence-electron chi connectivity index (χ0n) is 10.2. The Morgan fingerprint density at radius 2 is 2.10 bits per heavy atom. The molecule has 1 aliphatic heterocycles. The van der Waals surface area contributed by atoms with Crippen molar-refractivity contribution >= 4 is 32.9 Å². The van der Waals surface area contributed by atoms with Crippen LogP contribution in [0.5, 0.6) is 0 Å². The van der Waals surface area contributed by atoms with E-state index >= 15 is 0 Å². The van der Waals surface area contributed by atoms with Crippen LogP contribution in [0.25, 0.3) is 11.2 Å². The second kappa shape index (κ2) is 5.09. The molecule has 0 aromatic carbocycles. The van der Waals surface area contributed by atoms with Gasteiger partial charge in [-0.15, -0.1) is 0 Å². The van der Waals surface area contributed by atoms with E-state index in [1.807, 2.05) is 0 Å². The van der Waals surface area contributed by atoms with Crippen LogP contribution in [0.3, 0.4) is 0 Å². The fourth-order valence-corrected chi connectivity index (χ4v) is 2.50. The van der Waals surface area contributed by atoms with E-state index in [1.165, 1.54) is 17.2 Å². The van der Waals surface area contributed by atoms with Crippen LogP contribution in [0.15, 0.2) is 23.7 Å². The van der Waals surface area contributed by atoms with E-state index in [0.717, 1.165) is 0 Å². The van der Waals surface area contributed by atoms with Crippen molar-refractivity contribution in [2.24, 2.45) is 0 Å². The van der Waals surface area contributed by atoms with Gasteiger partial charge in [-0.25, -0.2) is 15.0 Å². The van der Waals surface area contributed by atoms with E-state index in [2.05, 4.69) is 30.9 Å². The van der Waals surface area contributed by atoms with E-state index in [-0.39, 0.29) is 5.82 Å². The standard InChI is InChI=1S/C11H12BrN5O3/c12-2-1-5-7(18)8(19)11(20-5)17-4-16-6-9(13)14-3-15-10(6)17/h1-5,7-8,11,18-19H,(H2,13,14,15)/b2-1+. The number of aliphatic hydroxyl groups is 2. The van der Waals surface area contributed by atoms with Gasteiger partial charge in [-0.3, -0.25) is 4.57 Å². The number of hydrogen-bond donors (Lipinski definition) is 3. The van der Waals surface area contributed by atoms with Crippen molar-refractivity contribution < 1.29 is 14.9 Å². The topological polar surface area (TPSA) is 119 Å². The molecule has 3 rings (SSSR count). The molecule has 20 heavy (non-hydrogen) atoms. The highest BCUT2D eigenvalue weighted by Gasteiger charge is 2.43. The van der Waals surface area contributed by atoms with Crippen LogP contribution < -0.4 is 5.73 Å². The Kier molecular flexibility index (Phi) is 3.42. The van der Waals surface area contributed by atoms with Crippen molar-refractivity contribution in [3.63, 3.8) is 0 Å². The summed E-state index contributed by atoms with van der Waals surface area (Å²) in [5.74, 6) is 0.249. The van der Waals surface area contributed by atoms with Gasteiger partial charge in [0.15, 0.2) is 17.7 Å². The maximum absolute atomic E-state index is 10.1. The third kappa shape index (κ3) is 1.99. The van der Waals surface area contributed by atoms with Crippen molar-refractivity contribution in [3.05, 3.63) is 23.7 Å². The largest absolute Gasteiger partial charge is 0.387 e. The molecule has 9 heteroatoms. The van der Waals surface area contributed by atoms with Gasteiger partial charge in [-0.05, 0) is 11.1 Å². The molecule has 3 heterocycles. The average Bonchev–Trinajstić information content (AvgIpc) is 2.97. The third-order valence-corrected chi connectivity index (χ3v) is 3.50. The molecule has 0 radical (unpaired) electrons. The van der Waals surface area contributed by atoms with Gasteiger partial charge < -0.3 is 20.7 Å². The van der Waals surface area contributed by atoms with Crippen molar-refractivity contribution in [2.45, 2.75) is 24.5 Å². The normalized spacial score (nSPS) is 30.6. The first-order valence-electron chi connectivity index (χ1n) is 5.85. The minimum absolute atomic E-state index is 0.249. The van der Waals surface area contributed by atoms with Crippen LogP contribution in [0.4, 0.5) is 5.82 Å². The van der Waals surface area contributed by atoms with Crippen LogP contribution in [0.1, 0.15) is 6.23 Å². The molecule has 106 valence electrons. The summed E-state index contributed by atoms with van der Waals surface area (Å²) in [7, 11) is 0. The average molecular weight is 342 g/mol. The Bertz CT molecular complexity index is 661. The summed E-state index contributed by atoms with van der Waals surface area (Å²) in [5, 5.41) is 20.1. The molecule has 2 aromatic heterocycles. The van der Waals surface area contributed by atoms with Crippen LogP contribution in [-0.4, -0.2) is 48.0 Å². The fraction of sp³-hybridized carbons (Fsp3) is 0.364. The maximum Gasteiger partial charge on any atom is 0.167 e. The number of imidazole rings is 1. The van der Waals surface area contributed by atoms with Gasteiger partial charge in [0, 0.05) is 0 Å². The molecule has 0 bridgehead atoms. The minimum atomic E-state index is -1.10. The number of hydrogen-bond acceptors (Lipinski definition) is 7. The SMILES string of the molecule is Nc1ncnc2c1ncn2C1OC(/C=C/Br)C(O)C1O. The lowest BCUT2D eigenvalue weighted by atomic mass is 10.1. The summed E-state index contributed by atoms with van der Waals surface area (Å²) < 4.78 is 7.15. The third-order valence-electron chi connectivity index (χ3n) is 3.20. The number of fused-ring (bicyclic) bond motifs is 1. The number of halogens is 1. The molecule has 0 saturated carbocycles. The molecule has 1 saturated heterocycles. The molecule has 8 nitrogen and oxygen atoms in total. The molecule has 0 spiro atoms. The summed E-state index contributed by atoms with van der Waals surface area (Å²) in [5.41, 5.74) is 6.58. The summed E-state index contributed by atoms with van der Waals surface area (Å²) in [6.45, 7) is 0. The zero-order valence-corrected chi connectivity index (χ0v) is 11.8. The highest BCUT2D eigenvalue weighted by atomic mass is 79.9. The number of nitrogens with two attached hydrogens (primary N) is 1. The molecule has 1 fully saturated rings. The predicted octanol–water partition coefficient (Wildman–Crippen LogP) is -0.0637. The Morgan fingerprint density at radius 3 is 2.85 bits per heavy atom. The van der Waals surface area contributed by atoms with E-state index in [4.69, 9.17) is 10.5 Å². The van der Waals surface area contributed by atoms with Gasteiger partial charge in [-0.1, -0.05) is 15.9 Å². The van der Waals surface area contributed by atoms with Gasteiger partial charge in [0.25, 0.3) is 0 Å². The number of nitrogen functional groups attached to an aromatic ring is 1. The lowest BCUT2D eigenvalue weighted by Gasteiger charge is -2.16. The van der Waals surface area contributed by atoms with Gasteiger partial charge >= 0.3 is 0 Å². The van der Waals surface area contributed by atoms with Crippen molar-refractivity contribution in [1.29, 1.82) is 0 Å². The van der Waals surface area contributed by atoms with Gasteiger partial charge in [0.2, 0.25) is 0 Å². The molecule has 2 aromatic rings. The number of nitrogens with zero attached hydrogens (tertiary/aromatic N) is 4. The quantitative estimate of drug-likeness (QED) is 0.699.